The molecule has 3 rings (SSSR count). The van der Waals surface area contributed by atoms with E-state index in [1.807, 2.05) is 19.1 Å². The maximum atomic E-state index is 12.2. The lowest BCUT2D eigenvalue weighted by molar-refractivity contribution is -0.121. The van der Waals surface area contributed by atoms with Crippen LogP contribution < -0.4 is 25.4 Å². The van der Waals surface area contributed by atoms with Crippen LogP contribution in [0.4, 0.5) is 11.4 Å². The van der Waals surface area contributed by atoms with Crippen LogP contribution in [0.25, 0.3) is 0 Å². The van der Waals surface area contributed by atoms with Gasteiger partial charge in [-0.2, -0.15) is 0 Å². The number of hydrogen-bond donors (Lipinski definition) is 3. The quantitative estimate of drug-likeness (QED) is 0.482. The van der Waals surface area contributed by atoms with E-state index >= 15 is 0 Å². The summed E-state index contributed by atoms with van der Waals surface area (Å²) in [5.74, 6) is 0.382. The zero-order chi connectivity index (χ0) is 22.2. The van der Waals surface area contributed by atoms with Crippen molar-refractivity contribution < 1.29 is 23.5 Å². The third-order valence-corrected chi connectivity index (χ3v) is 4.30. The molecule has 2 aromatic carbocycles. The second-order valence-electron chi connectivity index (χ2n) is 6.45. The van der Waals surface area contributed by atoms with Gasteiger partial charge in [0.05, 0.1) is 19.1 Å². The van der Waals surface area contributed by atoms with Gasteiger partial charge in [-0.1, -0.05) is 17.7 Å². The molecule has 9 heteroatoms. The highest BCUT2D eigenvalue weighted by molar-refractivity contribution is 7.80. The van der Waals surface area contributed by atoms with Gasteiger partial charge < -0.3 is 24.5 Å². The number of benzene rings is 2. The Kier molecular flexibility index (Phi) is 7.23. The van der Waals surface area contributed by atoms with Crippen LogP contribution in [0.3, 0.4) is 0 Å². The second-order valence-corrected chi connectivity index (χ2v) is 6.86. The summed E-state index contributed by atoms with van der Waals surface area (Å²) in [7, 11) is 1.48. The molecule has 8 nitrogen and oxygen atoms in total. The highest BCUT2D eigenvalue weighted by Crippen LogP contribution is 2.28. The van der Waals surface area contributed by atoms with E-state index in [0.29, 0.717) is 22.9 Å². The van der Waals surface area contributed by atoms with Gasteiger partial charge in [0.25, 0.3) is 11.8 Å². The summed E-state index contributed by atoms with van der Waals surface area (Å²) in [5, 5.41) is 8.25. The topological polar surface area (TPSA) is 102 Å². The summed E-state index contributed by atoms with van der Waals surface area (Å²) in [6, 6.07) is 15.5. The van der Waals surface area contributed by atoms with Crippen LogP contribution in [0.5, 0.6) is 11.5 Å². The Labute approximate surface area is 184 Å². The summed E-state index contributed by atoms with van der Waals surface area (Å²) >= 11 is 5.18. The van der Waals surface area contributed by atoms with Crippen LogP contribution in [-0.4, -0.2) is 30.6 Å². The molecule has 0 aliphatic rings. The van der Waals surface area contributed by atoms with Crippen molar-refractivity contribution in [2.24, 2.45) is 0 Å². The number of thiocarbonyl (C=S) groups is 1. The SMILES string of the molecule is COc1cc(NC(=S)NC(=O)COc2ccc(C)cc2)ccc1NC(=O)c1ccco1. The second kappa shape index (κ2) is 10.3. The van der Waals surface area contributed by atoms with E-state index in [1.165, 1.54) is 13.4 Å². The zero-order valence-electron chi connectivity index (χ0n) is 16.9. The molecule has 0 radical (unpaired) electrons. The van der Waals surface area contributed by atoms with E-state index in [1.54, 1.807) is 42.5 Å². The molecule has 1 aromatic heterocycles. The molecule has 3 aromatic rings. The number of anilines is 2. The smallest absolute Gasteiger partial charge is 0.291 e. The average molecular weight is 439 g/mol. The molecular weight excluding hydrogens is 418 g/mol. The minimum atomic E-state index is -0.402. The normalized spacial score (nSPS) is 10.1. The molecule has 0 saturated carbocycles. The van der Waals surface area contributed by atoms with Crippen molar-refractivity contribution >= 4 is 40.5 Å². The van der Waals surface area contributed by atoms with E-state index in [4.69, 9.17) is 26.1 Å². The van der Waals surface area contributed by atoms with Gasteiger partial charge >= 0.3 is 0 Å². The monoisotopic (exact) mass is 439 g/mol. The molecule has 0 saturated heterocycles. The molecule has 160 valence electrons. The third-order valence-electron chi connectivity index (χ3n) is 4.10. The number of rotatable bonds is 7. The van der Waals surface area contributed by atoms with Gasteiger partial charge in [-0.3, -0.25) is 14.9 Å². The molecule has 1 heterocycles. The van der Waals surface area contributed by atoms with Gasteiger partial charge in [-0.05, 0) is 55.5 Å². The average Bonchev–Trinajstić information content (AvgIpc) is 3.29. The number of ether oxygens (including phenoxy) is 2. The van der Waals surface area contributed by atoms with Crippen molar-refractivity contribution in [1.29, 1.82) is 0 Å². The number of aryl methyl sites for hydroxylation is 1. The van der Waals surface area contributed by atoms with E-state index in [0.717, 1.165) is 5.56 Å². The summed E-state index contributed by atoms with van der Waals surface area (Å²) in [4.78, 5) is 24.2. The van der Waals surface area contributed by atoms with Gasteiger partial charge in [-0.25, -0.2) is 0 Å². The number of methoxy groups -OCH3 is 1. The molecule has 0 spiro atoms. The van der Waals surface area contributed by atoms with Gasteiger partial charge in [0.15, 0.2) is 17.5 Å². The van der Waals surface area contributed by atoms with Crippen LogP contribution in [0.2, 0.25) is 0 Å². The first-order chi connectivity index (χ1) is 14.9. The summed E-state index contributed by atoms with van der Waals surface area (Å²) in [6.45, 7) is 1.79. The van der Waals surface area contributed by atoms with Gasteiger partial charge in [0, 0.05) is 11.8 Å². The molecule has 3 N–H and O–H groups in total. The lowest BCUT2D eigenvalue weighted by Crippen LogP contribution is -2.37. The summed E-state index contributed by atoms with van der Waals surface area (Å²) in [6.07, 6.45) is 1.42. The van der Waals surface area contributed by atoms with Crippen LogP contribution in [0.15, 0.2) is 65.3 Å². The largest absolute Gasteiger partial charge is 0.494 e. The zero-order valence-corrected chi connectivity index (χ0v) is 17.7. The van der Waals surface area contributed by atoms with Crippen LogP contribution in [-0.2, 0) is 4.79 Å². The Morgan fingerprint density at radius 3 is 2.52 bits per heavy atom. The third kappa shape index (κ3) is 6.31. The van der Waals surface area contributed by atoms with Crippen molar-refractivity contribution in [3.8, 4) is 11.5 Å². The molecule has 0 unspecified atom stereocenters. The van der Waals surface area contributed by atoms with Crippen LogP contribution in [0.1, 0.15) is 16.1 Å². The van der Waals surface area contributed by atoms with Gasteiger partial charge in [-0.15, -0.1) is 0 Å². The molecule has 0 bridgehead atoms. The Bertz CT molecular complexity index is 1070. The lowest BCUT2D eigenvalue weighted by Gasteiger charge is -2.14. The first kappa shape index (κ1) is 21.8. The molecule has 2 amide bonds. The standard InChI is InChI=1S/C22H21N3O5S/c1-14-5-8-16(9-6-14)30-13-20(26)25-22(31)23-15-7-10-17(19(12-15)28-2)24-21(27)18-4-3-11-29-18/h3-12H,13H2,1-2H3,(H,24,27)(H2,23,25,26,31). The highest BCUT2D eigenvalue weighted by atomic mass is 32.1. The van der Waals surface area contributed by atoms with Crippen molar-refractivity contribution in [3.63, 3.8) is 0 Å². The maximum Gasteiger partial charge on any atom is 0.291 e. The van der Waals surface area contributed by atoms with Crippen LogP contribution >= 0.6 is 12.2 Å². The molecule has 0 aliphatic heterocycles. The lowest BCUT2D eigenvalue weighted by atomic mass is 10.2. The summed E-state index contributed by atoms with van der Waals surface area (Å²) in [5.41, 5.74) is 2.12. The molecule has 0 aliphatic carbocycles. The molecule has 0 atom stereocenters. The summed E-state index contributed by atoms with van der Waals surface area (Å²) < 4.78 is 15.8. The Balaban J connectivity index is 1.53. The van der Waals surface area contributed by atoms with Gasteiger partial charge in [0.1, 0.15) is 11.5 Å². The van der Waals surface area contributed by atoms with Crippen molar-refractivity contribution in [1.82, 2.24) is 5.32 Å². The van der Waals surface area contributed by atoms with E-state index < -0.39 is 11.8 Å². The fourth-order valence-corrected chi connectivity index (χ4v) is 2.80. The van der Waals surface area contributed by atoms with Gasteiger partial charge in [0.2, 0.25) is 0 Å². The van der Waals surface area contributed by atoms with E-state index in [-0.39, 0.29) is 17.5 Å². The fraction of sp³-hybridized carbons (Fsp3) is 0.136. The first-order valence-corrected chi connectivity index (χ1v) is 9.68. The van der Waals surface area contributed by atoms with Crippen LogP contribution in [0, 0.1) is 6.92 Å². The Hall–Kier alpha value is -3.85. The fourth-order valence-electron chi connectivity index (χ4n) is 2.57. The molecule has 31 heavy (non-hydrogen) atoms. The number of amides is 2. The maximum absolute atomic E-state index is 12.2. The highest BCUT2D eigenvalue weighted by Gasteiger charge is 2.13. The Morgan fingerprint density at radius 2 is 1.84 bits per heavy atom. The van der Waals surface area contributed by atoms with Crippen molar-refractivity contribution in [2.75, 3.05) is 24.4 Å². The van der Waals surface area contributed by atoms with Crippen molar-refractivity contribution in [2.45, 2.75) is 6.92 Å². The van der Waals surface area contributed by atoms with E-state index in [9.17, 15) is 9.59 Å². The number of furan rings is 1. The Morgan fingerprint density at radius 1 is 1.06 bits per heavy atom. The predicted octanol–water partition coefficient (Wildman–Crippen LogP) is 3.74. The number of carbonyl (C=O) groups is 2. The minimum Gasteiger partial charge on any atom is -0.494 e. The molecular formula is C22H21N3O5S. The van der Waals surface area contributed by atoms with E-state index in [2.05, 4.69) is 16.0 Å². The number of nitrogens with one attached hydrogen (secondary N) is 3. The van der Waals surface area contributed by atoms with Crippen molar-refractivity contribution in [3.05, 3.63) is 72.2 Å². The molecule has 0 fully saturated rings. The minimum absolute atomic E-state index is 0.104. The number of carbonyl (C=O) groups excluding carboxylic acids is 2. The predicted molar refractivity (Wildman–Crippen MR) is 121 cm³/mol. The first-order valence-electron chi connectivity index (χ1n) is 9.28. The number of hydrogen-bond acceptors (Lipinski definition) is 6.